The molecule has 6 heteroatoms. The zero-order chi connectivity index (χ0) is 20.1. The van der Waals surface area contributed by atoms with Gasteiger partial charge in [-0.05, 0) is 51.0 Å². The van der Waals surface area contributed by atoms with Crippen LogP contribution in [0.15, 0.2) is 35.1 Å². The SMILES string of the molecule is CCC(C)C(=O)Nc1ccccc1NC(=O)c1c(C)cc(C)n(CC)c1=O. The first kappa shape index (κ1) is 20.4. The van der Waals surface area contributed by atoms with Crippen molar-refractivity contribution in [1.29, 1.82) is 0 Å². The molecule has 1 aromatic carbocycles. The second kappa shape index (κ2) is 8.66. The number of aromatic nitrogens is 1. The summed E-state index contributed by atoms with van der Waals surface area (Å²) in [5.74, 6) is -0.728. The van der Waals surface area contributed by atoms with Crippen molar-refractivity contribution < 1.29 is 9.59 Å². The van der Waals surface area contributed by atoms with Crippen molar-refractivity contribution in [2.75, 3.05) is 10.6 Å². The van der Waals surface area contributed by atoms with Crippen LogP contribution >= 0.6 is 0 Å². The van der Waals surface area contributed by atoms with Gasteiger partial charge in [0.05, 0.1) is 11.4 Å². The lowest BCUT2D eigenvalue weighted by atomic mass is 10.1. The number of pyridine rings is 1. The topological polar surface area (TPSA) is 80.2 Å². The molecular formula is C21H27N3O3. The molecule has 144 valence electrons. The van der Waals surface area contributed by atoms with E-state index in [-0.39, 0.29) is 22.9 Å². The first-order valence-electron chi connectivity index (χ1n) is 9.22. The van der Waals surface area contributed by atoms with Gasteiger partial charge in [-0.3, -0.25) is 14.4 Å². The van der Waals surface area contributed by atoms with Crippen LogP contribution < -0.4 is 16.2 Å². The number of nitrogens with zero attached hydrogens (tertiary/aromatic N) is 1. The van der Waals surface area contributed by atoms with Gasteiger partial charge in [-0.2, -0.15) is 0 Å². The van der Waals surface area contributed by atoms with Gasteiger partial charge in [-0.15, -0.1) is 0 Å². The summed E-state index contributed by atoms with van der Waals surface area (Å²) in [4.78, 5) is 37.7. The van der Waals surface area contributed by atoms with E-state index in [0.29, 0.717) is 23.5 Å². The van der Waals surface area contributed by atoms with Gasteiger partial charge in [0.25, 0.3) is 11.5 Å². The number of aryl methyl sites for hydroxylation is 2. The Balaban J connectivity index is 2.35. The van der Waals surface area contributed by atoms with Crippen LogP contribution in [0.3, 0.4) is 0 Å². The standard InChI is InChI=1S/C21H27N3O3/c1-6-13(3)19(25)22-16-10-8-9-11-17(16)23-20(26)18-14(4)12-15(5)24(7-2)21(18)27/h8-13H,6-7H2,1-5H3,(H,22,25)(H,23,26). The Morgan fingerprint density at radius 1 is 1.07 bits per heavy atom. The first-order chi connectivity index (χ1) is 12.8. The predicted molar refractivity (Wildman–Crippen MR) is 108 cm³/mol. The van der Waals surface area contributed by atoms with E-state index in [1.54, 1.807) is 35.8 Å². The van der Waals surface area contributed by atoms with Gasteiger partial charge >= 0.3 is 0 Å². The van der Waals surface area contributed by atoms with Gasteiger partial charge in [0.1, 0.15) is 5.56 Å². The van der Waals surface area contributed by atoms with Gasteiger partial charge < -0.3 is 15.2 Å². The maximum absolute atomic E-state index is 12.8. The van der Waals surface area contributed by atoms with Gasteiger partial charge in [-0.25, -0.2) is 0 Å². The van der Waals surface area contributed by atoms with Crippen molar-refractivity contribution in [3.63, 3.8) is 0 Å². The van der Waals surface area contributed by atoms with Gasteiger partial charge in [0.2, 0.25) is 5.91 Å². The van der Waals surface area contributed by atoms with Gasteiger partial charge in [-0.1, -0.05) is 26.0 Å². The summed E-state index contributed by atoms with van der Waals surface area (Å²) in [5.41, 5.74) is 2.22. The molecular weight excluding hydrogens is 342 g/mol. The Kier molecular flexibility index (Phi) is 6.55. The van der Waals surface area contributed by atoms with E-state index in [1.807, 2.05) is 33.8 Å². The van der Waals surface area contributed by atoms with E-state index in [2.05, 4.69) is 10.6 Å². The summed E-state index contributed by atoms with van der Waals surface area (Å²) in [7, 11) is 0. The molecule has 0 radical (unpaired) electrons. The molecule has 2 rings (SSSR count). The molecule has 0 spiro atoms. The third-order valence-corrected chi connectivity index (χ3v) is 4.74. The summed E-state index contributed by atoms with van der Waals surface area (Å²) >= 11 is 0. The Bertz CT molecular complexity index is 915. The zero-order valence-electron chi connectivity index (χ0n) is 16.6. The Morgan fingerprint density at radius 2 is 1.67 bits per heavy atom. The second-order valence-electron chi connectivity index (χ2n) is 6.69. The summed E-state index contributed by atoms with van der Waals surface area (Å²) in [6.45, 7) is 9.74. The van der Waals surface area contributed by atoms with E-state index in [9.17, 15) is 14.4 Å². The first-order valence-corrected chi connectivity index (χ1v) is 9.22. The monoisotopic (exact) mass is 369 g/mol. The van der Waals surface area contributed by atoms with E-state index < -0.39 is 5.91 Å². The Labute approximate surface area is 159 Å². The number of benzene rings is 1. The summed E-state index contributed by atoms with van der Waals surface area (Å²) in [6, 6.07) is 8.80. The normalized spacial score (nSPS) is 11.7. The van der Waals surface area contributed by atoms with E-state index in [4.69, 9.17) is 0 Å². The molecule has 0 aliphatic carbocycles. The summed E-state index contributed by atoms with van der Waals surface area (Å²) < 4.78 is 1.57. The van der Waals surface area contributed by atoms with E-state index in [1.165, 1.54) is 0 Å². The van der Waals surface area contributed by atoms with Crippen molar-refractivity contribution >= 4 is 23.2 Å². The molecule has 0 aliphatic heterocycles. The molecule has 6 nitrogen and oxygen atoms in total. The molecule has 0 saturated carbocycles. The van der Waals surface area contributed by atoms with Gasteiger partial charge in [0.15, 0.2) is 0 Å². The van der Waals surface area contributed by atoms with Crippen LogP contribution in [0.1, 0.15) is 48.8 Å². The van der Waals surface area contributed by atoms with Crippen LogP contribution in [0.4, 0.5) is 11.4 Å². The highest BCUT2D eigenvalue weighted by molar-refractivity contribution is 6.08. The molecule has 1 heterocycles. The maximum atomic E-state index is 12.8. The minimum absolute atomic E-state index is 0.112. The van der Waals surface area contributed by atoms with Crippen molar-refractivity contribution in [2.45, 2.75) is 47.6 Å². The lowest BCUT2D eigenvalue weighted by molar-refractivity contribution is -0.119. The number of hydrogen-bond acceptors (Lipinski definition) is 3. The van der Waals surface area contributed by atoms with Crippen LogP contribution in [0.25, 0.3) is 0 Å². The molecule has 0 saturated heterocycles. The molecule has 2 amide bonds. The molecule has 0 bridgehead atoms. The molecule has 1 aromatic heterocycles. The summed E-state index contributed by atoms with van der Waals surface area (Å²) in [5, 5.41) is 5.62. The van der Waals surface area contributed by atoms with Crippen molar-refractivity contribution in [3.05, 3.63) is 57.5 Å². The van der Waals surface area contributed by atoms with E-state index >= 15 is 0 Å². The third kappa shape index (κ3) is 4.45. The lowest BCUT2D eigenvalue weighted by Crippen LogP contribution is -2.31. The predicted octanol–water partition coefficient (Wildman–Crippen LogP) is 3.72. The van der Waals surface area contributed by atoms with Crippen molar-refractivity contribution in [3.8, 4) is 0 Å². The minimum atomic E-state index is -0.482. The zero-order valence-corrected chi connectivity index (χ0v) is 16.6. The number of amides is 2. The number of carbonyl (C=O) groups is 2. The highest BCUT2D eigenvalue weighted by atomic mass is 16.2. The molecule has 2 N–H and O–H groups in total. The fourth-order valence-electron chi connectivity index (χ4n) is 2.92. The lowest BCUT2D eigenvalue weighted by Gasteiger charge is -2.16. The molecule has 27 heavy (non-hydrogen) atoms. The molecule has 1 atom stereocenters. The molecule has 2 aromatic rings. The number of anilines is 2. The van der Waals surface area contributed by atoms with E-state index in [0.717, 1.165) is 12.1 Å². The smallest absolute Gasteiger partial charge is 0.263 e. The second-order valence-corrected chi connectivity index (χ2v) is 6.69. The van der Waals surface area contributed by atoms with Crippen LogP contribution in [0.2, 0.25) is 0 Å². The molecule has 1 unspecified atom stereocenters. The quantitative estimate of drug-likeness (QED) is 0.814. The largest absolute Gasteiger partial charge is 0.324 e. The van der Waals surface area contributed by atoms with Crippen LogP contribution in [-0.2, 0) is 11.3 Å². The molecule has 0 aliphatic rings. The van der Waals surface area contributed by atoms with Gasteiger partial charge in [0, 0.05) is 18.2 Å². The third-order valence-electron chi connectivity index (χ3n) is 4.74. The van der Waals surface area contributed by atoms with Crippen LogP contribution in [0.5, 0.6) is 0 Å². The number of hydrogen-bond donors (Lipinski definition) is 2. The van der Waals surface area contributed by atoms with Crippen molar-refractivity contribution in [2.24, 2.45) is 5.92 Å². The number of carbonyl (C=O) groups excluding carboxylic acids is 2. The number of para-hydroxylation sites is 2. The Hall–Kier alpha value is -2.89. The van der Waals surface area contributed by atoms with Crippen molar-refractivity contribution in [1.82, 2.24) is 4.57 Å². The highest BCUT2D eigenvalue weighted by Gasteiger charge is 2.19. The van der Waals surface area contributed by atoms with Crippen LogP contribution in [0, 0.1) is 19.8 Å². The number of rotatable bonds is 6. The fraction of sp³-hybridized carbons (Fsp3) is 0.381. The minimum Gasteiger partial charge on any atom is -0.324 e. The average Bonchev–Trinajstić information content (AvgIpc) is 2.62. The summed E-state index contributed by atoms with van der Waals surface area (Å²) in [6.07, 6.45) is 0.722. The van der Waals surface area contributed by atoms with Crippen LogP contribution in [-0.4, -0.2) is 16.4 Å². The Morgan fingerprint density at radius 3 is 2.22 bits per heavy atom. The highest BCUT2D eigenvalue weighted by Crippen LogP contribution is 2.23. The molecule has 0 fully saturated rings. The maximum Gasteiger partial charge on any atom is 0.263 e. The number of nitrogens with one attached hydrogen (secondary N) is 2. The average molecular weight is 369 g/mol. The fourth-order valence-corrected chi connectivity index (χ4v) is 2.92.